The Balaban J connectivity index is 3.20. The van der Waals surface area contributed by atoms with Crippen LogP contribution in [-0.4, -0.2) is 27.4 Å². The minimum atomic E-state index is -0.881. The van der Waals surface area contributed by atoms with Gasteiger partial charge in [0.05, 0.1) is 0 Å². The first kappa shape index (κ1) is 11.4. The smallest absolute Gasteiger partial charge is 0.330 e. The SMILES string of the molecule is C=C(CCC[SiH2]OCC)C(=O)O. The molecule has 3 nitrogen and oxygen atoms in total. The molecule has 0 aromatic carbocycles. The Labute approximate surface area is 75.4 Å². The highest BCUT2D eigenvalue weighted by Gasteiger charge is 2.02. The van der Waals surface area contributed by atoms with Gasteiger partial charge >= 0.3 is 5.97 Å². The Kier molecular flexibility index (Phi) is 6.70. The minimum absolute atomic E-state index is 0.306. The molecular formula is C8H16O3Si. The molecule has 0 aliphatic carbocycles. The number of hydrogen-bond donors (Lipinski definition) is 1. The van der Waals surface area contributed by atoms with E-state index in [0.717, 1.165) is 19.1 Å². The first-order valence-electron chi connectivity index (χ1n) is 4.17. The third-order valence-corrected chi connectivity index (χ3v) is 3.01. The van der Waals surface area contributed by atoms with E-state index >= 15 is 0 Å². The molecule has 0 aliphatic rings. The molecule has 0 amide bonds. The summed E-state index contributed by atoms with van der Waals surface area (Å²) in [7, 11) is -0.390. The summed E-state index contributed by atoms with van der Waals surface area (Å²) in [6.07, 6.45) is 1.49. The van der Waals surface area contributed by atoms with Crippen molar-refractivity contribution in [2.24, 2.45) is 0 Å². The Morgan fingerprint density at radius 1 is 1.67 bits per heavy atom. The quantitative estimate of drug-likeness (QED) is 0.367. The van der Waals surface area contributed by atoms with E-state index in [4.69, 9.17) is 9.53 Å². The zero-order valence-corrected chi connectivity index (χ0v) is 8.92. The van der Waals surface area contributed by atoms with E-state index in [2.05, 4.69) is 6.58 Å². The zero-order valence-electron chi connectivity index (χ0n) is 7.51. The van der Waals surface area contributed by atoms with Crippen LogP contribution in [0.15, 0.2) is 12.2 Å². The Hall–Kier alpha value is -0.613. The number of aliphatic carboxylic acids is 1. The van der Waals surface area contributed by atoms with Gasteiger partial charge in [-0.3, -0.25) is 0 Å². The standard InChI is InChI=1S/C8H16O3Si/c1-3-11-12-6-4-5-7(2)8(9)10/h2-6,12H2,1H3,(H,9,10). The van der Waals surface area contributed by atoms with Crippen LogP contribution in [0.2, 0.25) is 6.04 Å². The first-order chi connectivity index (χ1) is 5.68. The molecule has 0 aliphatic heterocycles. The monoisotopic (exact) mass is 188 g/mol. The topological polar surface area (TPSA) is 46.5 Å². The van der Waals surface area contributed by atoms with Gasteiger partial charge in [0, 0.05) is 12.2 Å². The van der Waals surface area contributed by atoms with E-state index in [1.165, 1.54) is 0 Å². The molecule has 0 saturated carbocycles. The third kappa shape index (κ3) is 6.12. The lowest BCUT2D eigenvalue weighted by Gasteiger charge is -2.00. The fraction of sp³-hybridized carbons (Fsp3) is 0.625. The lowest BCUT2D eigenvalue weighted by atomic mass is 10.2. The molecule has 0 unspecified atom stereocenters. The molecule has 1 N–H and O–H groups in total. The molecule has 0 spiro atoms. The van der Waals surface area contributed by atoms with Crippen LogP contribution in [0.4, 0.5) is 0 Å². The van der Waals surface area contributed by atoms with E-state index in [1.807, 2.05) is 6.92 Å². The van der Waals surface area contributed by atoms with Crippen LogP contribution in [0.25, 0.3) is 0 Å². The van der Waals surface area contributed by atoms with Gasteiger partial charge in [-0.1, -0.05) is 6.58 Å². The average molecular weight is 188 g/mol. The zero-order chi connectivity index (χ0) is 9.40. The lowest BCUT2D eigenvalue weighted by Crippen LogP contribution is -2.01. The summed E-state index contributed by atoms with van der Waals surface area (Å²) in [6.45, 7) is 6.21. The molecule has 0 radical (unpaired) electrons. The second-order valence-electron chi connectivity index (χ2n) is 2.56. The van der Waals surface area contributed by atoms with Gasteiger partial charge in [0.25, 0.3) is 0 Å². The molecular weight excluding hydrogens is 172 g/mol. The van der Waals surface area contributed by atoms with Crippen LogP contribution in [0.1, 0.15) is 19.8 Å². The van der Waals surface area contributed by atoms with Crippen molar-refractivity contribution in [1.82, 2.24) is 0 Å². The molecule has 0 fully saturated rings. The van der Waals surface area contributed by atoms with Crippen LogP contribution in [0.3, 0.4) is 0 Å². The van der Waals surface area contributed by atoms with Gasteiger partial charge < -0.3 is 9.53 Å². The molecule has 70 valence electrons. The van der Waals surface area contributed by atoms with E-state index in [-0.39, 0.29) is 0 Å². The summed E-state index contributed by atoms with van der Waals surface area (Å²) in [6, 6.07) is 1.04. The van der Waals surface area contributed by atoms with Gasteiger partial charge in [0.15, 0.2) is 9.76 Å². The number of carboxylic acid groups (broad SMARTS) is 1. The van der Waals surface area contributed by atoms with Gasteiger partial charge in [-0.05, 0) is 25.8 Å². The predicted octanol–water partition coefficient (Wildman–Crippen LogP) is 0.946. The summed E-state index contributed by atoms with van der Waals surface area (Å²) in [5.74, 6) is -0.881. The Morgan fingerprint density at radius 2 is 2.33 bits per heavy atom. The number of carboxylic acids is 1. The van der Waals surface area contributed by atoms with Crippen LogP contribution in [-0.2, 0) is 9.22 Å². The molecule has 0 bridgehead atoms. The first-order valence-corrected chi connectivity index (χ1v) is 5.75. The molecule has 0 rings (SSSR count). The minimum Gasteiger partial charge on any atom is -0.478 e. The molecule has 0 aromatic rings. The van der Waals surface area contributed by atoms with Crippen molar-refractivity contribution in [1.29, 1.82) is 0 Å². The molecule has 0 atom stereocenters. The van der Waals surface area contributed by atoms with E-state index in [0.29, 0.717) is 12.0 Å². The van der Waals surface area contributed by atoms with Crippen LogP contribution in [0.5, 0.6) is 0 Å². The Bertz CT molecular complexity index is 156. The van der Waals surface area contributed by atoms with Crippen molar-refractivity contribution >= 4 is 15.7 Å². The summed E-state index contributed by atoms with van der Waals surface area (Å²) in [4.78, 5) is 10.3. The highest BCUT2D eigenvalue weighted by Crippen LogP contribution is 2.04. The second kappa shape index (κ2) is 7.06. The van der Waals surface area contributed by atoms with Crippen molar-refractivity contribution in [3.05, 3.63) is 12.2 Å². The molecule has 0 aromatic heterocycles. The van der Waals surface area contributed by atoms with Gasteiger partial charge in [0.2, 0.25) is 0 Å². The van der Waals surface area contributed by atoms with Crippen LogP contribution >= 0.6 is 0 Å². The van der Waals surface area contributed by atoms with Crippen molar-refractivity contribution in [3.63, 3.8) is 0 Å². The maximum Gasteiger partial charge on any atom is 0.330 e. The fourth-order valence-electron chi connectivity index (χ4n) is 0.794. The second-order valence-corrected chi connectivity index (χ2v) is 4.09. The van der Waals surface area contributed by atoms with E-state index in [9.17, 15) is 4.79 Å². The fourth-order valence-corrected chi connectivity index (χ4v) is 1.74. The normalized spacial score (nSPS) is 10.8. The van der Waals surface area contributed by atoms with Crippen LogP contribution < -0.4 is 0 Å². The van der Waals surface area contributed by atoms with Crippen LogP contribution in [0, 0.1) is 0 Å². The molecule has 0 saturated heterocycles. The van der Waals surface area contributed by atoms with Crippen molar-refractivity contribution < 1.29 is 14.3 Å². The largest absolute Gasteiger partial charge is 0.478 e. The summed E-state index contributed by atoms with van der Waals surface area (Å²) >= 11 is 0. The number of carbonyl (C=O) groups is 1. The average Bonchev–Trinajstić information content (AvgIpc) is 2.03. The summed E-state index contributed by atoms with van der Waals surface area (Å²) in [5, 5.41) is 8.47. The van der Waals surface area contributed by atoms with Gasteiger partial charge in [-0.25, -0.2) is 4.79 Å². The van der Waals surface area contributed by atoms with Gasteiger partial charge in [-0.15, -0.1) is 0 Å². The third-order valence-electron chi connectivity index (χ3n) is 1.52. The number of rotatable bonds is 7. The molecule has 4 heteroatoms. The maximum absolute atomic E-state index is 10.3. The highest BCUT2D eigenvalue weighted by molar-refractivity contribution is 6.26. The van der Waals surface area contributed by atoms with Gasteiger partial charge in [0.1, 0.15) is 0 Å². The Morgan fingerprint density at radius 3 is 2.83 bits per heavy atom. The van der Waals surface area contributed by atoms with Gasteiger partial charge in [-0.2, -0.15) is 0 Å². The summed E-state index contributed by atoms with van der Waals surface area (Å²) in [5.41, 5.74) is 0.306. The van der Waals surface area contributed by atoms with Crippen molar-refractivity contribution in [2.75, 3.05) is 6.61 Å². The summed E-state index contributed by atoms with van der Waals surface area (Å²) < 4.78 is 5.24. The van der Waals surface area contributed by atoms with Crippen molar-refractivity contribution in [3.8, 4) is 0 Å². The number of hydrogen-bond acceptors (Lipinski definition) is 2. The van der Waals surface area contributed by atoms with Crippen molar-refractivity contribution in [2.45, 2.75) is 25.8 Å². The highest BCUT2D eigenvalue weighted by atomic mass is 28.2. The van der Waals surface area contributed by atoms with E-state index < -0.39 is 15.7 Å². The maximum atomic E-state index is 10.3. The lowest BCUT2D eigenvalue weighted by molar-refractivity contribution is -0.132. The molecule has 0 heterocycles. The van der Waals surface area contributed by atoms with E-state index in [1.54, 1.807) is 0 Å². The predicted molar refractivity (Wildman–Crippen MR) is 51.0 cm³/mol. The molecule has 12 heavy (non-hydrogen) atoms.